The quantitative estimate of drug-likeness (QED) is 0.571. The van der Waals surface area contributed by atoms with Gasteiger partial charge >= 0.3 is 5.97 Å². The Bertz CT molecular complexity index is 464. The van der Waals surface area contributed by atoms with Gasteiger partial charge in [-0.25, -0.2) is 8.78 Å². The van der Waals surface area contributed by atoms with Crippen LogP contribution in [0.2, 0.25) is 0 Å². The van der Waals surface area contributed by atoms with Crippen LogP contribution in [0.15, 0.2) is 23.1 Å². The zero-order chi connectivity index (χ0) is 15.2. The van der Waals surface area contributed by atoms with E-state index in [-0.39, 0.29) is 4.90 Å². The molecule has 3 nitrogen and oxygen atoms in total. The number of rotatable bonds is 8. The lowest BCUT2D eigenvalue weighted by Gasteiger charge is -2.27. The smallest absolute Gasteiger partial charge is 0.323 e. The molecular formula is C14H19F2NO2S. The Labute approximate surface area is 121 Å². The first-order chi connectivity index (χ1) is 9.45. The van der Waals surface area contributed by atoms with Gasteiger partial charge in [0.2, 0.25) is 0 Å². The number of benzene rings is 1. The first-order valence-corrected chi connectivity index (χ1v) is 7.44. The number of hydrogen-bond donors (Lipinski definition) is 2. The van der Waals surface area contributed by atoms with Crippen molar-refractivity contribution in [2.75, 3.05) is 12.8 Å². The van der Waals surface area contributed by atoms with Crippen molar-refractivity contribution in [3.05, 3.63) is 29.8 Å². The normalized spacial score (nSPS) is 14.0. The topological polar surface area (TPSA) is 49.3 Å². The minimum absolute atomic E-state index is 0.256. The molecule has 0 aliphatic carbocycles. The van der Waals surface area contributed by atoms with E-state index in [2.05, 4.69) is 5.32 Å². The lowest BCUT2D eigenvalue weighted by atomic mass is 9.91. The van der Waals surface area contributed by atoms with Gasteiger partial charge < -0.3 is 10.4 Å². The summed E-state index contributed by atoms with van der Waals surface area (Å²) in [6.45, 7) is 1.81. The molecule has 0 saturated carbocycles. The average Bonchev–Trinajstić information content (AvgIpc) is 2.43. The van der Waals surface area contributed by atoms with Crippen LogP contribution in [0.4, 0.5) is 8.78 Å². The Morgan fingerprint density at radius 1 is 1.45 bits per heavy atom. The number of likely N-dealkylation sites (N-methyl/N-ethyl adjacent to an activating group) is 1. The summed E-state index contributed by atoms with van der Waals surface area (Å²) in [6.07, 6.45) is 1.51. The van der Waals surface area contributed by atoms with Crippen molar-refractivity contribution in [3.8, 4) is 0 Å². The van der Waals surface area contributed by atoms with Gasteiger partial charge in [-0.05, 0) is 50.3 Å². The van der Waals surface area contributed by atoms with Gasteiger partial charge in [-0.1, -0.05) is 6.92 Å². The predicted octanol–water partition coefficient (Wildman–Crippen LogP) is 3.29. The van der Waals surface area contributed by atoms with E-state index in [1.807, 2.05) is 6.92 Å². The SMILES string of the molecule is CCC(CCCSc1cc(F)ccc1F)(NC)C(=O)O. The second-order valence-electron chi connectivity index (χ2n) is 4.52. The molecule has 1 aromatic rings. The first-order valence-electron chi connectivity index (χ1n) is 6.45. The Balaban J connectivity index is 2.52. The van der Waals surface area contributed by atoms with Crippen molar-refractivity contribution in [1.29, 1.82) is 0 Å². The Hall–Kier alpha value is -1.14. The molecular weight excluding hydrogens is 284 g/mol. The van der Waals surface area contributed by atoms with Crippen LogP contribution < -0.4 is 5.32 Å². The number of hydrogen-bond acceptors (Lipinski definition) is 3. The summed E-state index contributed by atoms with van der Waals surface area (Å²) in [6, 6.07) is 3.33. The van der Waals surface area contributed by atoms with Crippen LogP contribution in [0, 0.1) is 11.6 Å². The van der Waals surface area contributed by atoms with E-state index in [1.54, 1.807) is 7.05 Å². The summed E-state index contributed by atoms with van der Waals surface area (Å²) in [5.41, 5.74) is -0.943. The summed E-state index contributed by atoms with van der Waals surface area (Å²) in [4.78, 5) is 11.5. The largest absolute Gasteiger partial charge is 0.480 e. The van der Waals surface area contributed by atoms with Crippen molar-refractivity contribution in [2.24, 2.45) is 0 Å². The van der Waals surface area contributed by atoms with E-state index in [9.17, 15) is 18.7 Å². The standard InChI is InChI=1S/C14H19F2NO2S/c1-3-14(17-2,13(18)19)7-4-8-20-12-9-10(15)5-6-11(12)16/h5-6,9,17H,3-4,7-8H2,1-2H3,(H,18,19). The highest BCUT2D eigenvalue weighted by Gasteiger charge is 2.33. The molecule has 0 heterocycles. The molecule has 1 aromatic carbocycles. The van der Waals surface area contributed by atoms with E-state index in [0.29, 0.717) is 25.0 Å². The lowest BCUT2D eigenvalue weighted by Crippen LogP contribution is -2.49. The fourth-order valence-corrected chi connectivity index (χ4v) is 2.90. The molecule has 0 saturated heterocycles. The maximum absolute atomic E-state index is 13.4. The van der Waals surface area contributed by atoms with E-state index >= 15 is 0 Å². The molecule has 0 spiro atoms. The van der Waals surface area contributed by atoms with Crippen molar-refractivity contribution < 1.29 is 18.7 Å². The zero-order valence-electron chi connectivity index (χ0n) is 11.6. The number of halogens is 2. The molecule has 112 valence electrons. The van der Waals surface area contributed by atoms with Gasteiger partial charge in [-0.15, -0.1) is 11.8 Å². The summed E-state index contributed by atoms with van der Waals surface area (Å²) < 4.78 is 26.4. The van der Waals surface area contributed by atoms with Crippen molar-refractivity contribution >= 4 is 17.7 Å². The van der Waals surface area contributed by atoms with Crippen LogP contribution in [-0.4, -0.2) is 29.4 Å². The van der Waals surface area contributed by atoms with E-state index < -0.39 is 23.1 Å². The molecule has 0 amide bonds. The van der Waals surface area contributed by atoms with Crippen LogP contribution in [-0.2, 0) is 4.79 Å². The molecule has 6 heteroatoms. The molecule has 0 aliphatic rings. The van der Waals surface area contributed by atoms with Crippen molar-refractivity contribution in [3.63, 3.8) is 0 Å². The number of nitrogens with one attached hydrogen (secondary N) is 1. The number of aliphatic carboxylic acids is 1. The van der Waals surface area contributed by atoms with Crippen LogP contribution >= 0.6 is 11.8 Å². The van der Waals surface area contributed by atoms with Gasteiger partial charge in [0.05, 0.1) is 0 Å². The van der Waals surface area contributed by atoms with Gasteiger partial charge in [0.25, 0.3) is 0 Å². The molecule has 0 radical (unpaired) electrons. The molecule has 0 aliphatic heterocycles. The summed E-state index contributed by atoms with van der Waals surface area (Å²) >= 11 is 1.20. The molecule has 20 heavy (non-hydrogen) atoms. The minimum Gasteiger partial charge on any atom is -0.480 e. The monoisotopic (exact) mass is 303 g/mol. The average molecular weight is 303 g/mol. The van der Waals surface area contributed by atoms with Gasteiger partial charge in [0, 0.05) is 4.90 Å². The molecule has 0 fully saturated rings. The van der Waals surface area contributed by atoms with E-state index in [4.69, 9.17) is 0 Å². The van der Waals surface area contributed by atoms with Gasteiger partial charge in [0.15, 0.2) is 0 Å². The Morgan fingerprint density at radius 2 is 2.15 bits per heavy atom. The van der Waals surface area contributed by atoms with Crippen molar-refractivity contribution in [2.45, 2.75) is 36.6 Å². The van der Waals surface area contributed by atoms with Crippen LogP contribution in [0.3, 0.4) is 0 Å². The number of thioether (sulfide) groups is 1. The Morgan fingerprint density at radius 3 is 2.70 bits per heavy atom. The molecule has 1 atom stereocenters. The van der Waals surface area contributed by atoms with E-state index in [0.717, 1.165) is 18.2 Å². The fraction of sp³-hybridized carbons (Fsp3) is 0.500. The summed E-state index contributed by atoms with van der Waals surface area (Å²) in [5.74, 6) is -1.27. The maximum atomic E-state index is 13.4. The lowest BCUT2D eigenvalue weighted by molar-refractivity contribution is -0.145. The third-order valence-electron chi connectivity index (χ3n) is 3.39. The Kier molecular flexibility index (Phi) is 6.42. The first kappa shape index (κ1) is 16.9. The van der Waals surface area contributed by atoms with Crippen LogP contribution in [0.5, 0.6) is 0 Å². The molecule has 0 bridgehead atoms. The number of carboxylic acid groups (broad SMARTS) is 1. The zero-order valence-corrected chi connectivity index (χ0v) is 12.4. The maximum Gasteiger partial charge on any atom is 0.323 e. The highest BCUT2D eigenvalue weighted by molar-refractivity contribution is 7.99. The number of carbonyl (C=O) groups is 1. The van der Waals surface area contributed by atoms with Gasteiger partial charge in [-0.3, -0.25) is 4.79 Å². The molecule has 1 rings (SSSR count). The second-order valence-corrected chi connectivity index (χ2v) is 5.65. The number of carboxylic acids is 1. The van der Waals surface area contributed by atoms with Crippen LogP contribution in [0.1, 0.15) is 26.2 Å². The highest BCUT2D eigenvalue weighted by atomic mass is 32.2. The molecule has 2 N–H and O–H groups in total. The molecule has 1 unspecified atom stereocenters. The predicted molar refractivity (Wildman–Crippen MR) is 76.0 cm³/mol. The van der Waals surface area contributed by atoms with Gasteiger partial charge in [0.1, 0.15) is 17.2 Å². The molecule has 0 aromatic heterocycles. The highest BCUT2D eigenvalue weighted by Crippen LogP contribution is 2.26. The van der Waals surface area contributed by atoms with Gasteiger partial charge in [-0.2, -0.15) is 0 Å². The van der Waals surface area contributed by atoms with Crippen molar-refractivity contribution in [1.82, 2.24) is 5.32 Å². The third-order valence-corrected chi connectivity index (χ3v) is 4.51. The van der Waals surface area contributed by atoms with Crippen LogP contribution in [0.25, 0.3) is 0 Å². The summed E-state index contributed by atoms with van der Waals surface area (Å²) in [7, 11) is 1.62. The fourth-order valence-electron chi connectivity index (χ4n) is 1.99. The second kappa shape index (κ2) is 7.59. The van der Waals surface area contributed by atoms with E-state index in [1.165, 1.54) is 11.8 Å². The third kappa shape index (κ3) is 4.18. The minimum atomic E-state index is -0.943. The summed E-state index contributed by atoms with van der Waals surface area (Å²) in [5, 5.41) is 12.1.